The Labute approximate surface area is 124 Å². The van der Waals surface area contributed by atoms with Crippen LogP contribution in [0, 0.1) is 0 Å². The Morgan fingerprint density at radius 1 is 1.53 bits per heavy atom. The SMILES string of the molecule is CCNCCNC(=O)C1CSC2(C)CCC(=O)N12.Cl. The van der Waals surface area contributed by atoms with Gasteiger partial charge in [-0.2, -0.15) is 0 Å². The third-order valence-corrected chi connectivity index (χ3v) is 5.10. The second-order valence-electron chi connectivity index (χ2n) is 4.91. The molecular weight excluding hydrogens is 286 g/mol. The zero-order valence-electron chi connectivity index (χ0n) is 11.4. The van der Waals surface area contributed by atoms with E-state index in [1.54, 1.807) is 16.7 Å². The van der Waals surface area contributed by atoms with Crippen LogP contribution in [0.1, 0.15) is 26.7 Å². The number of amides is 2. The van der Waals surface area contributed by atoms with Crippen molar-refractivity contribution in [1.82, 2.24) is 15.5 Å². The van der Waals surface area contributed by atoms with Crippen molar-refractivity contribution in [2.45, 2.75) is 37.6 Å². The third kappa shape index (κ3) is 3.35. The van der Waals surface area contributed by atoms with Crippen molar-refractivity contribution in [1.29, 1.82) is 0 Å². The summed E-state index contributed by atoms with van der Waals surface area (Å²) in [4.78, 5) is 25.6. The first kappa shape index (κ1) is 16.6. The first-order valence-corrected chi connectivity index (χ1v) is 7.51. The standard InChI is InChI=1S/C12H21N3O2S.ClH/c1-3-13-6-7-14-11(17)9-8-18-12(2)5-4-10(16)15(9)12;/h9,13H,3-8H2,1-2H3,(H,14,17);1H. The van der Waals surface area contributed by atoms with E-state index >= 15 is 0 Å². The van der Waals surface area contributed by atoms with Crippen LogP contribution in [-0.2, 0) is 9.59 Å². The number of thioether (sulfide) groups is 1. The smallest absolute Gasteiger partial charge is 0.243 e. The maximum Gasteiger partial charge on any atom is 0.243 e. The lowest BCUT2D eigenvalue weighted by atomic mass is 10.2. The Kier molecular flexibility index (Phi) is 5.95. The van der Waals surface area contributed by atoms with E-state index in [1.165, 1.54) is 0 Å². The molecule has 2 unspecified atom stereocenters. The van der Waals surface area contributed by atoms with Gasteiger partial charge in [-0.05, 0) is 19.9 Å². The number of halogens is 1. The maximum absolute atomic E-state index is 12.1. The molecule has 19 heavy (non-hydrogen) atoms. The van der Waals surface area contributed by atoms with Gasteiger partial charge in [0.2, 0.25) is 11.8 Å². The van der Waals surface area contributed by atoms with Crippen LogP contribution < -0.4 is 10.6 Å². The van der Waals surface area contributed by atoms with Crippen molar-refractivity contribution in [3.63, 3.8) is 0 Å². The second-order valence-corrected chi connectivity index (χ2v) is 6.41. The van der Waals surface area contributed by atoms with Gasteiger partial charge in [-0.1, -0.05) is 6.92 Å². The van der Waals surface area contributed by atoms with Crippen LogP contribution in [0.3, 0.4) is 0 Å². The number of carbonyl (C=O) groups excluding carboxylic acids is 2. The fraction of sp³-hybridized carbons (Fsp3) is 0.833. The lowest BCUT2D eigenvalue weighted by Crippen LogP contribution is -2.50. The molecule has 2 aliphatic heterocycles. The molecule has 0 radical (unpaired) electrons. The van der Waals surface area contributed by atoms with E-state index in [-0.39, 0.29) is 35.1 Å². The Balaban J connectivity index is 0.00000180. The van der Waals surface area contributed by atoms with Gasteiger partial charge in [-0.15, -0.1) is 24.2 Å². The number of rotatable bonds is 5. The molecule has 0 aliphatic carbocycles. The Bertz CT molecular complexity index is 356. The lowest BCUT2D eigenvalue weighted by molar-refractivity contribution is -0.137. The summed E-state index contributed by atoms with van der Waals surface area (Å²) in [6, 6.07) is -0.281. The average Bonchev–Trinajstić information content (AvgIpc) is 2.83. The molecular formula is C12H22ClN3O2S. The highest BCUT2D eigenvalue weighted by molar-refractivity contribution is 8.01. The van der Waals surface area contributed by atoms with Gasteiger partial charge < -0.3 is 15.5 Å². The van der Waals surface area contributed by atoms with Crippen LogP contribution in [0.2, 0.25) is 0 Å². The monoisotopic (exact) mass is 307 g/mol. The number of hydrogen-bond donors (Lipinski definition) is 2. The number of hydrogen-bond acceptors (Lipinski definition) is 4. The van der Waals surface area contributed by atoms with Crippen molar-refractivity contribution in [3.8, 4) is 0 Å². The van der Waals surface area contributed by atoms with Crippen LogP contribution in [0.15, 0.2) is 0 Å². The van der Waals surface area contributed by atoms with Gasteiger partial charge in [0.05, 0.1) is 4.87 Å². The zero-order valence-corrected chi connectivity index (χ0v) is 13.0. The van der Waals surface area contributed by atoms with E-state index in [4.69, 9.17) is 0 Å². The third-order valence-electron chi connectivity index (χ3n) is 3.60. The quantitative estimate of drug-likeness (QED) is 0.730. The Morgan fingerprint density at radius 3 is 2.95 bits per heavy atom. The molecule has 5 nitrogen and oxygen atoms in total. The minimum Gasteiger partial charge on any atom is -0.353 e. The molecule has 0 aromatic heterocycles. The van der Waals surface area contributed by atoms with E-state index in [1.807, 2.05) is 6.92 Å². The number of fused-ring (bicyclic) bond motifs is 1. The second kappa shape index (κ2) is 6.81. The summed E-state index contributed by atoms with van der Waals surface area (Å²) in [7, 11) is 0. The molecule has 2 atom stereocenters. The van der Waals surface area contributed by atoms with E-state index in [2.05, 4.69) is 17.6 Å². The van der Waals surface area contributed by atoms with E-state index in [9.17, 15) is 9.59 Å². The Morgan fingerprint density at radius 2 is 2.26 bits per heavy atom. The highest BCUT2D eigenvalue weighted by Crippen LogP contribution is 2.47. The molecule has 0 spiro atoms. The van der Waals surface area contributed by atoms with Crippen LogP contribution in [0.5, 0.6) is 0 Å². The Hall–Kier alpha value is -0.460. The normalized spacial score (nSPS) is 29.1. The van der Waals surface area contributed by atoms with E-state index in [0.29, 0.717) is 13.0 Å². The number of nitrogens with one attached hydrogen (secondary N) is 2. The van der Waals surface area contributed by atoms with Gasteiger partial charge in [0.15, 0.2) is 0 Å². The molecule has 0 aromatic rings. The van der Waals surface area contributed by atoms with Gasteiger partial charge in [-0.3, -0.25) is 9.59 Å². The summed E-state index contributed by atoms with van der Waals surface area (Å²) in [6.07, 6.45) is 1.43. The zero-order chi connectivity index (χ0) is 13.2. The fourth-order valence-corrected chi connectivity index (χ4v) is 4.02. The van der Waals surface area contributed by atoms with Gasteiger partial charge in [-0.25, -0.2) is 0 Å². The number of carbonyl (C=O) groups is 2. The molecule has 2 aliphatic rings. The van der Waals surface area contributed by atoms with Crippen LogP contribution in [0.25, 0.3) is 0 Å². The van der Waals surface area contributed by atoms with Gasteiger partial charge in [0, 0.05) is 25.3 Å². The van der Waals surface area contributed by atoms with Crippen molar-refractivity contribution >= 4 is 36.0 Å². The van der Waals surface area contributed by atoms with Crippen molar-refractivity contribution in [2.24, 2.45) is 0 Å². The predicted octanol–water partition coefficient (Wildman–Crippen LogP) is 0.588. The van der Waals surface area contributed by atoms with E-state index in [0.717, 1.165) is 25.3 Å². The van der Waals surface area contributed by atoms with Gasteiger partial charge >= 0.3 is 0 Å². The van der Waals surface area contributed by atoms with Gasteiger partial charge in [0.25, 0.3) is 0 Å². The molecule has 2 fully saturated rings. The first-order valence-electron chi connectivity index (χ1n) is 6.53. The summed E-state index contributed by atoms with van der Waals surface area (Å²) in [6.45, 7) is 6.38. The molecule has 2 heterocycles. The van der Waals surface area contributed by atoms with Crippen LogP contribution >= 0.6 is 24.2 Å². The maximum atomic E-state index is 12.1. The highest BCUT2D eigenvalue weighted by atomic mass is 35.5. The minimum absolute atomic E-state index is 0. The molecule has 2 N–H and O–H groups in total. The lowest BCUT2D eigenvalue weighted by Gasteiger charge is -2.29. The molecule has 2 rings (SSSR count). The van der Waals surface area contributed by atoms with Crippen LogP contribution in [0.4, 0.5) is 0 Å². The fourth-order valence-electron chi connectivity index (χ4n) is 2.58. The minimum atomic E-state index is -0.281. The molecule has 2 saturated heterocycles. The average molecular weight is 308 g/mol. The largest absolute Gasteiger partial charge is 0.353 e. The summed E-state index contributed by atoms with van der Waals surface area (Å²) in [5.74, 6) is 0.823. The molecule has 7 heteroatoms. The highest BCUT2D eigenvalue weighted by Gasteiger charge is 2.52. The summed E-state index contributed by atoms with van der Waals surface area (Å²) < 4.78 is 0. The molecule has 0 saturated carbocycles. The first-order chi connectivity index (χ1) is 8.58. The molecule has 0 bridgehead atoms. The molecule has 2 amide bonds. The number of likely N-dealkylation sites (N-methyl/N-ethyl adjacent to an activating group) is 1. The predicted molar refractivity (Wildman–Crippen MR) is 79.5 cm³/mol. The summed E-state index contributed by atoms with van der Waals surface area (Å²) in [5, 5.41) is 6.06. The van der Waals surface area contributed by atoms with Crippen molar-refractivity contribution in [2.75, 3.05) is 25.4 Å². The van der Waals surface area contributed by atoms with E-state index < -0.39 is 0 Å². The topological polar surface area (TPSA) is 61.4 Å². The molecule has 110 valence electrons. The van der Waals surface area contributed by atoms with Crippen LogP contribution in [-0.4, -0.2) is 53.0 Å². The number of nitrogens with zero attached hydrogens (tertiary/aromatic N) is 1. The molecule has 0 aromatic carbocycles. The van der Waals surface area contributed by atoms with Gasteiger partial charge in [0.1, 0.15) is 6.04 Å². The van der Waals surface area contributed by atoms with Crippen molar-refractivity contribution < 1.29 is 9.59 Å². The summed E-state index contributed by atoms with van der Waals surface area (Å²) >= 11 is 1.73. The van der Waals surface area contributed by atoms with Crippen molar-refractivity contribution in [3.05, 3.63) is 0 Å². The summed E-state index contributed by atoms with van der Waals surface area (Å²) in [5.41, 5.74) is 0.